The molecule has 3 heterocycles. The Morgan fingerprint density at radius 2 is 2.00 bits per heavy atom. The zero-order chi connectivity index (χ0) is 18.7. The predicted octanol–water partition coefficient (Wildman–Crippen LogP) is 1.33. The van der Waals surface area contributed by atoms with Crippen molar-refractivity contribution >= 4 is 5.97 Å². The molecule has 146 valence electrons. The number of nitrogens with zero attached hydrogens (tertiary/aromatic N) is 1. The van der Waals surface area contributed by atoms with E-state index in [1.165, 1.54) is 6.92 Å². The maximum atomic E-state index is 11.8. The van der Waals surface area contributed by atoms with E-state index in [0.29, 0.717) is 18.0 Å². The number of esters is 1. The van der Waals surface area contributed by atoms with Crippen molar-refractivity contribution in [1.82, 2.24) is 4.90 Å². The number of ether oxygens (including phenoxy) is 1. The Morgan fingerprint density at radius 3 is 2.74 bits per heavy atom. The highest BCUT2D eigenvalue weighted by atomic mass is 16.5. The van der Waals surface area contributed by atoms with Crippen LogP contribution >= 0.6 is 0 Å². The minimum Gasteiger partial charge on any atom is -0.463 e. The van der Waals surface area contributed by atoms with Gasteiger partial charge in [0.25, 0.3) is 0 Å². The van der Waals surface area contributed by atoms with Crippen molar-refractivity contribution in [3.8, 4) is 0 Å². The first-order valence-electron chi connectivity index (χ1n) is 10.7. The van der Waals surface area contributed by atoms with Crippen LogP contribution in [0.2, 0.25) is 0 Å². The van der Waals surface area contributed by atoms with Crippen LogP contribution in [0.3, 0.4) is 0 Å². The standard InChI is InChI=1S/C22H29NO4/c1-9-4-21-7-12-17-20(3)5-11(27-10(2)24)6-22(17)18(21)16(26)13(9)15(25)14(21)19(22)23(12)8-20/h11-19,25-26H,1,4-8H2,2-3H3/t11-,12-,13-,14?,15?,16+,17+,18+,19?,20-,21-,22-/m0/s1. The fraction of sp³-hybridized carbons (Fsp3) is 0.864. The fourth-order valence-electron chi connectivity index (χ4n) is 11.0. The minimum absolute atomic E-state index is 0.00516. The molecule has 2 spiro atoms. The van der Waals surface area contributed by atoms with Crippen molar-refractivity contribution in [2.45, 2.75) is 69.9 Å². The van der Waals surface area contributed by atoms with E-state index in [1.807, 2.05) is 0 Å². The first-order chi connectivity index (χ1) is 12.7. The van der Waals surface area contributed by atoms with Crippen LogP contribution in [-0.4, -0.2) is 58.0 Å². The SMILES string of the molecule is C=C1C[C@]23C[C@H]4[C@@H]5[C@@]6(C)C[C@H](OC(C)=O)C[C@]57C(C2C(O)[C@H]1[C@@H](O)[C@H]37)N4C6. The van der Waals surface area contributed by atoms with Gasteiger partial charge in [-0.1, -0.05) is 19.1 Å². The van der Waals surface area contributed by atoms with Crippen molar-refractivity contribution < 1.29 is 19.7 Å². The molecular weight excluding hydrogens is 342 g/mol. The topological polar surface area (TPSA) is 70.0 Å². The van der Waals surface area contributed by atoms with E-state index in [-0.39, 0.29) is 46.1 Å². The quantitative estimate of drug-likeness (QED) is 0.538. The minimum atomic E-state index is -0.496. The Morgan fingerprint density at radius 1 is 1.22 bits per heavy atom. The number of aliphatic hydroxyl groups excluding tert-OH is 2. The van der Waals surface area contributed by atoms with Crippen LogP contribution in [0, 0.1) is 39.9 Å². The highest BCUT2D eigenvalue weighted by Crippen LogP contribution is 2.87. The molecule has 0 aromatic rings. The van der Waals surface area contributed by atoms with Crippen molar-refractivity contribution in [1.29, 1.82) is 0 Å². The number of carbonyl (C=O) groups is 1. The summed E-state index contributed by atoms with van der Waals surface area (Å²) in [5, 5.41) is 22.8. The molecule has 9 aliphatic rings. The molecule has 5 nitrogen and oxygen atoms in total. The lowest BCUT2D eigenvalue weighted by molar-refractivity contribution is -0.215. The van der Waals surface area contributed by atoms with E-state index < -0.39 is 12.2 Å². The predicted molar refractivity (Wildman–Crippen MR) is 96.4 cm³/mol. The van der Waals surface area contributed by atoms with Crippen molar-refractivity contribution in [3.05, 3.63) is 12.2 Å². The number of rotatable bonds is 1. The van der Waals surface area contributed by atoms with Gasteiger partial charge in [0, 0.05) is 42.8 Å². The third-order valence-corrected chi connectivity index (χ3v) is 10.5. The monoisotopic (exact) mass is 371 g/mol. The summed E-state index contributed by atoms with van der Waals surface area (Å²) in [6, 6.07) is 0.924. The Balaban J connectivity index is 1.45. The van der Waals surface area contributed by atoms with Crippen LogP contribution in [0.25, 0.3) is 0 Å². The van der Waals surface area contributed by atoms with E-state index >= 15 is 0 Å². The summed E-state index contributed by atoms with van der Waals surface area (Å²) in [5.41, 5.74) is 1.23. The number of piperidine rings is 2. The van der Waals surface area contributed by atoms with Crippen LogP contribution in [0.4, 0.5) is 0 Å². The summed E-state index contributed by atoms with van der Waals surface area (Å²) in [4.78, 5) is 14.5. The summed E-state index contributed by atoms with van der Waals surface area (Å²) < 4.78 is 5.80. The molecule has 9 bridgehead atoms. The van der Waals surface area contributed by atoms with Gasteiger partial charge in [-0.2, -0.15) is 0 Å². The Labute approximate surface area is 159 Å². The first-order valence-corrected chi connectivity index (χ1v) is 10.7. The number of hydrogen-bond donors (Lipinski definition) is 2. The zero-order valence-corrected chi connectivity index (χ0v) is 16.1. The molecule has 13 atom stereocenters. The molecule has 6 saturated carbocycles. The molecule has 0 amide bonds. The second kappa shape index (κ2) is 4.17. The zero-order valence-electron chi connectivity index (χ0n) is 16.1. The summed E-state index contributed by atoms with van der Waals surface area (Å²) in [6.07, 6.45) is 2.89. The van der Waals surface area contributed by atoms with Gasteiger partial charge in [0.05, 0.1) is 12.2 Å². The summed E-state index contributed by atoms with van der Waals surface area (Å²) in [6.45, 7) is 9.23. The van der Waals surface area contributed by atoms with E-state index in [1.54, 1.807) is 0 Å². The number of carbonyl (C=O) groups excluding carboxylic acids is 1. The van der Waals surface area contributed by atoms with Crippen LogP contribution in [0.15, 0.2) is 12.2 Å². The van der Waals surface area contributed by atoms with Gasteiger partial charge in [0.1, 0.15) is 6.10 Å². The number of aliphatic hydroxyl groups is 2. The molecule has 0 aromatic heterocycles. The third-order valence-electron chi connectivity index (χ3n) is 10.5. The van der Waals surface area contributed by atoms with Crippen molar-refractivity contribution in [3.63, 3.8) is 0 Å². The molecule has 9 fully saturated rings. The highest BCUT2D eigenvalue weighted by Gasteiger charge is 2.90. The van der Waals surface area contributed by atoms with Crippen molar-refractivity contribution in [2.24, 2.45) is 39.9 Å². The molecule has 9 rings (SSSR count). The van der Waals surface area contributed by atoms with E-state index in [4.69, 9.17) is 4.74 Å². The molecule has 0 aromatic carbocycles. The lowest BCUT2D eigenvalue weighted by atomic mass is 9.39. The maximum absolute atomic E-state index is 11.8. The molecule has 6 aliphatic carbocycles. The van der Waals surface area contributed by atoms with Crippen LogP contribution in [-0.2, 0) is 9.53 Å². The second-order valence-electron chi connectivity index (χ2n) is 11.4. The van der Waals surface area contributed by atoms with Gasteiger partial charge in [-0.05, 0) is 48.3 Å². The molecule has 4 unspecified atom stereocenters. The van der Waals surface area contributed by atoms with E-state index in [0.717, 1.165) is 37.8 Å². The van der Waals surface area contributed by atoms with E-state index in [2.05, 4.69) is 18.4 Å². The van der Waals surface area contributed by atoms with E-state index in [9.17, 15) is 15.0 Å². The maximum Gasteiger partial charge on any atom is 0.302 e. The van der Waals surface area contributed by atoms with Gasteiger partial charge in [-0.25, -0.2) is 0 Å². The Kier molecular flexibility index (Phi) is 2.46. The van der Waals surface area contributed by atoms with Gasteiger partial charge < -0.3 is 14.9 Å². The van der Waals surface area contributed by atoms with Gasteiger partial charge in [0.15, 0.2) is 0 Å². The smallest absolute Gasteiger partial charge is 0.302 e. The fourth-order valence-corrected chi connectivity index (χ4v) is 11.0. The van der Waals surface area contributed by atoms with Crippen LogP contribution in [0.1, 0.15) is 39.5 Å². The normalized spacial score (nSPS) is 68.7. The first kappa shape index (κ1) is 15.9. The summed E-state index contributed by atoms with van der Waals surface area (Å²) in [7, 11) is 0. The third kappa shape index (κ3) is 1.34. The van der Waals surface area contributed by atoms with Crippen LogP contribution < -0.4 is 0 Å². The van der Waals surface area contributed by atoms with Crippen molar-refractivity contribution in [2.75, 3.05) is 6.54 Å². The lowest BCUT2D eigenvalue weighted by Gasteiger charge is -2.65. The van der Waals surface area contributed by atoms with Gasteiger partial charge >= 0.3 is 5.97 Å². The summed E-state index contributed by atoms with van der Waals surface area (Å²) in [5.74, 6) is 0.687. The Bertz CT molecular complexity index is 812. The molecular formula is C22H29NO4. The highest BCUT2D eigenvalue weighted by molar-refractivity contribution is 5.66. The van der Waals surface area contributed by atoms with Gasteiger partial charge in [0.2, 0.25) is 0 Å². The average Bonchev–Trinajstić information content (AvgIpc) is 2.96. The molecule has 0 radical (unpaired) electrons. The Hall–Kier alpha value is -0.910. The van der Waals surface area contributed by atoms with Gasteiger partial charge in [-0.3, -0.25) is 9.69 Å². The molecule has 3 aliphatic heterocycles. The largest absolute Gasteiger partial charge is 0.463 e. The molecule has 2 N–H and O–H groups in total. The van der Waals surface area contributed by atoms with Gasteiger partial charge in [-0.15, -0.1) is 0 Å². The second-order valence-corrected chi connectivity index (χ2v) is 11.4. The number of fused-ring (bicyclic) bond motifs is 1. The molecule has 3 saturated heterocycles. The average molecular weight is 371 g/mol. The van der Waals surface area contributed by atoms with Crippen LogP contribution in [0.5, 0.6) is 0 Å². The number of hydrogen-bond acceptors (Lipinski definition) is 5. The molecule has 5 heteroatoms. The lowest BCUT2D eigenvalue weighted by Crippen LogP contribution is -2.67. The summed E-state index contributed by atoms with van der Waals surface area (Å²) >= 11 is 0. The molecule has 27 heavy (non-hydrogen) atoms.